The minimum atomic E-state index is -1.12. The quantitative estimate of drug-likeness (QED) is 0.0978. The number of carbonyl (C=O) groups is 3. The molecule has 0 aliphatic heterocycles. The predicted octanol–water partition coefficient (Wildman–Crippen LogP) is 6.99. The van der Waals surface area contributed by atoms with E-state index >= 15 is 0 Å². The van der Waals surface area contributed by atoms with E-state index in [0.29, 0.717) is 11.1 Å². The lowest BCUT2D eigenvalue weighted by Crippen LogP contribution is -2.29. The lowest BCUT2D eigenvalue weighted by Gasteiger charge is -2.22. The van der Waals surface area contributed by atoms with Crippen LogP contribution in [0.3, 0.4) is 0 Å². The van der Waals surface area contributed by atoms with E-state index in [-0.39, 0.29) is 45.1 Å². The van der Waals surface area contributed by atoms with Crippen LogP contribution in [0.5, 0.6) is 23.0 Å². The van der Waals surface area contributed by atoms with E-state index in [1.165, 1.54) is 27.2 Å². The SMILES string of the molecule is Cc1c(O[C]=O)c(C(=O)C(C)Oc2ccccc2)c(C(=O)Oc2ccccc2)c(C)c1C(=O)Oc1cccc2ccccc12. The molecule has 0 spiro atoms. The number of rotatable bonds is 10. The van der Waals surface area contributed by atoms with Crippen molar-refractivity contribution in [3.05, 3.63) is 131 Å². The van der Waals surface area contributed by atoms with Gasteiger partial charge in [0.1, 0.15) is 23.0 Å². The number of esters is 2. The highest BCUT2D eigenvalue weighted by atomic mass is 16.5. The van der Waals surface area contributed by atoms with Gasteiger partial charge in [-0.25, -0.2) is 14.4 Å². The fourth-order valence-electron chi connectivity index (χ4n) is 5.02. The maximum Gasteiger partial charge on any atom is 0.423 e. The zero-order valence-corrected chi connectivity index (χ0v) is 24.2. The zero-order valence-electron chi connectivity index (χ0n) is 24.2. The molecule has 1 radical (unpaired) electrons. The molecular formula is C36H27O8. The van der Waals surface area contributed by atoms with Crippen LogP contribution in [-0.4, -0.2) is 30.3 Å². The minimum absolute atomic E-state index is 0.0728. The van der Waals surface area contributed by atoms with Gasteiger partial charge in [0.2, 0.25) is 5.78 Å². The monoisotopic (exact) mass is 587 g/mol. The molecule has 0 saturated heterocycles. The van der Waals surface area contributed by atoms with Gasteiger partial charge in [0.25, 0.3) is 0 Å². The van der Waals surface area contributed by atoms with Gasteiger partial charge < -0.3 is 18.9 Å². The normalized spacial score (nSPS) is 11.3. The van der Waals surface area contributed by atoms with E-state index in [1.54, 1.807) is 72.8 Å². The van der Waals surface area contributed by atoms with Crippen molar-refractivity contribution in [1.29, 1.82) is 0 Å². The van der Waals surface area contributed by atoms with Crippen LogP contribution < -0.4 is 18.9 Å². The number of para-hydroxylation sites is 2. The van der Waals surface area contributed by atoms with Crippen LogP contribution in [0.1, 0.15) is 49.1 Å². The summed E-state index contributed by atoms with van der Waals surface area (Å²) in [6.45, 7) is 5.83. The van der Waals surface area contributed by atoms with Gasteiger partial charge in [0.15, 0.2) is 6.10 Å². The molecule has 5 rings (SSSR count). The molecular weight excluding hydrogens is 560 g/mol. The van der Waals surface area contributed by atoms with Crippen molar-refractivity contribution < 1.29 is 38.1 Å². The van der Waals surface area contributed by atoms with Crippen molar-refractivity contribution >= 4 is 35.0 Å². The number of benzene rings is 5. The topological polar surface area (TPSA) is 105 Å². The van der Waals surface area contributed by atoms with E-state index in [2.05, 4.69) is 0 Å². The molecule has 5 aromatic rings. The average molecular weight is 588 g/mol. The molecule has 219 valence electrons. The fraction of sp³-hybridized carbons (Fsp3) is 0.111. The van der Waals surface area contributed by atoms with Crippen LogP contribution in [0, 0.1) is 13.8 Å². The molecule has 0 aliphatic rings. The molecule has 8 nitrogen and oxygen atoms in total. The van der Waals surface area contributed by atoms with E-state index in [1.807, 2.05) is 30.3 Å². The van der Waals surface area contributed by atoms with Gasteiger partial charge in [0.05, 0.1) is 16.7 Å². The molecule has 1 unspecified atom stereocenters. The zero-order chi connectivity index (χ0) is 31.2. The third-order valence-electron chi connectivity index (χ3n) is 7.07. The average Bonchev–Trinajstić information content (AvgIpc) is 3.03. The Hall–Kier alpha value is -5.76. The summed E-state index contributed by atoms with van der Waals surface area (Å²) in [6, 6.07) is 29.5. The summed E-state index contributed by atoms with van der Waals surface area (Å²) >= 11 is 0. The van der Waals surface area contributed by atoms with Crippen molar-refractivity contribution in [2.75, 3.05) is 0 Å². The van der Waals surface area contributed by atoms with Crippen LogP contribution in [0.15, 0.2) is 103 Å². The largest absolute Gasteiger partial charge is 0.483 e. The second kappa shape index (κ2) is 13.0. The fourth-order valence-corrected chi connectivity index (χ4v) is 5.02. The third kappa shape index (κ3) is 6.05. The lowest BCUT2D eigenvalue weighted by atomic mass is 9.88. The first-order valence-corrected chi connectivity index (χ1v) is 13.7. The first kappa shape index (κ1) is 29.7. The Kier molecular flexibility index (Phi) is 8.81. The van der Waals surface area contributed by atoms with Gasteiger partial charge in [-0.2, -0.15) is 0 Å². The second-order valence-electron chi connectivity index (χ2n) is 9.90. The molecule has 1 atom stereocenters. The number of ether oxygens (including phenoxy) is 4. The molecule has 0 saturated carbocycles. The molecule has 0 aromatic heterocycles. The summed E-state index contributed by atoms with van der Waals surface area (Å²) in [6.07, 6.45) is -1.12. The molecule has 0 heterocycles. The van der Waals surface area contributed by atoms with Gasteiger partial charge in [-0.1, -0.05) is 72.8 Å². The summed E-state index contributed by atoms with van der Waals surface area (Å²) in [5.74, 6) is -1.88. The molecule has 0 bridgehead atoms. The van der Waals surface area contributed by atoms with Crippen molar-refractivity contribution in [3.8, 4) is 23.0 Å². The Morgan fingerprint density at radius 2 is 1.23 bits per heavy atom. The molecule has 0 N–H and O–H groups in total. The van der Waals surface area contributed by atoms with Crippen LogP contribution in [0.4, 0.5) is 0 Å². The Labute approximate surface area is 253 Å². The van der Waals surface area contributed by atoms with Crippen molar-refractivity contribution in [2.24, 2.45) is 0 Å². The third-order valence-corrected chi connectivity index (χ3v) is 7.07. The van der Waals surface area contributed by atoms with Gasteiger partial charge in [-0.3, -0.25) is 4.79 Å². The summed E-state index contributed by atoms with van der Waals surface area (Å²) < 4.78 is 22.5. The van der Waals surface area contributed by atoms with Crippen molar-refractivity contribution in [2.45, 2.75) is 26.9 Å². The van der Waals surface area contributed by atoms with Gasteiger partial charge in [0, 0.05) is 10.9 Å². The summed E-state index contributed by atoms with van der Waals surface area (Å²) in [4.78, 5) is 53.2. The first-order valence-electron chi connectivity index (χ1n) is 13.7. The Balaban J connectivity index is 1.66. The Bertz CT molecular complexity index is 1860. The molecule has 0 fully saturated rings. The Morgan fingerprint density at radius 3 is 1.91 bits per heavy atom. The standard InChI is InChI=1S/C36H27O8/c1-22-30(35(39)44-29-20-12-14-25-13-10-11-19-28(25)29)23(2)34(41-21-37)32(31(22)36(40)43-27-17-8-5-9-18-27)33(38)24(3)42-26-15-6-4-7-16-26/h4-20,24H,1-3H3. The highest BCUT2D eigenvalue weighted by molar-refractivity contribution is 6.14. The number of ketones is 1. The number of hydrogen-bond acceptors (Lipinski definition) is 8. The van der Waals surface area contributed by atoms with Crippen LogP contribution in [0.2, 0.25) is 0 Å². The number of carbonyl (C=O) groups excluding carboxylic acids is 4. The van der Waals surface area contributed by atoms with Crippen LogP contribution in [0.25, 0.3) is 10.8 Å². The number of fused-ring (bicyclic) bond motifs is 1. The molecule has 0 aliphatic carbocycles. The summed E-state index contributed by atoms with van der Waals surface area (Å²) in [7, 11) is 0. The highest BCUT2D eigenvalue weighted by Gasteiger charge is 2.35. The highest BCUT2D eigenvalue weighted by Crippen LogP contribution is 2.37. The number of Topliss-reactive ketones (excluding diaryl/α,β-unsaturated/α-hetero) is 1. The van der Waals surface area contributed by atoms with Gasteiger partial charge in [-0.05, 0) is 62.1 Å². The van der Waals surface area contributed by atoms with E-state index in [9.17, 15) is 19.2 Å². The summed E-state index contributed by atoms with van der Waals surface area (Å²) in [5.41, 5.74) is -0.432. The second-order valence-corrected chi connectivity index (χ2v) is 9.90. The smallest absolute Gasteiger partial charge is 0.423 e. The van der Waals surface area contributed by atoms with Gasteiger partial charge >= 0.3 is 18.4 Å². The van der Waals surface area contributed by atoms with Crippen LogP contribution in [-0.2, 0) is 4.79 Å². The van der Waals surface area contributed by atoms with E-state index < -0.39 is 23.8 Å². The van der Waals surface area contributed by atoms with Crippen molar-refractivity contribution in [1.82, 2.24) is 0 Å². The number of hydrogen-bond donors (Lipinski definition) is 0. The molecule has 0 amide bonds. The first-order chi connectivity index (χ1) is 21.3. The molecule has 5 aromatic carbocycles. The van der Waals surface area contributed by atoms with Crippen LogP contribution >= 0.6 is 0 Å². The maximum absolute atomic E-state index is 14.0. The minimum Gasteiger partial charge on any atom is -0.483 e. The molecule has 8 heteroatoms. The molecule has 44 heavy (non-hydrogen) atoms. The maximum atomic E-state index is 14.0. The van der Waals surface area contributed by atoms with E-state index in [4.69, 9.17) is 18.9 Å². The van der Waals surface area contributed by atoms with Crippen molar-refractivity contribution in [3.63, 3.8) is 0 Å². The van der Waals surface area contributed by atoms with E-state index in [0.717, 1.165) is 5.39 Å². The Morgan fingerprint density at radius 1 is 0.636 bits per heavy atom. The summed E-state index contributed by atoms with van der Waals surface area (Å²) in [5, 5.41) is 1.55. The lowest BCUT2D eigenvalue weighted by molar-refractivity contribution is 0.0716. The predicted molar refractivity (Wildman–Crippen MR) is 163 cm³/mol. The van der Waals surface area contributed by atoms with Gasteiger partial charge in [-0.15, -0.1) is 0 Å².